The van der Waals surface area contributed by atoms with Gasteiger partial charge in [0.05, 0.1) is 0 Å². The number of hydrogen-bond acceptors (Lipinski definition) is 4. The molecule has 0 rings (SSSR count). The maximum atomic E-state index is 10.8. The largest absolute Gasteiger partial charge is 0.372 e. The first-order chi connectivity index (χ1) is 5.65. The lowest BCUT2D eigenvalue weighted by Crippen LogP contribution is -2.41. The Morgan fingerprint density at radius 1 is 1.50 bits per heavy atom. The predicted molar refractivity (Wildman–Crippen MR) is 42.8 cm³/mol. The van der Waals surface area contributed by atoms with E-state index in [0.717, 1.165) is 0 Å². The Morgan fingerprint density at radius 3 is 2.42 bits per heavy atom. The average molecular weight is 174 g/mol. The van der Waals surface area contributed by atoms with Gasteiger partial charge in [0.15, 0.2) is 0 Å². The fourth-order valence-electron chi connectivity index (χ4n) is 0.706. The molecule has 1 atom stereocenters. The van der Waals surface area contributed by atoms with E-state index >= 15 is 0 Å². The summed E-state index contributed by atoms with van der Waals surface area (Å²) in [5.41, 5.74) is 0. The third kappa shape index (κ3) is 3.34. The summed E-state index contributed by atoms with van der Waals surface area (Å²) in [6.07, 6.45) is 0.816. The van der Waals surface area contributed by atoms with Crippen molar-refractivity contribution in [3.63, 3.8) is 0 Å². The van der Waals surface area contributed by atoms with Gasteiger partial charge in [-0.2, -0.15) is 5.90 Å². The monoisotopic (exact) mass is 174 g/mol. The molecule has 3 N–H and O–H groups in total. The number of carbonyl (C=O) groups is 2. The van der Waals surface area contributed by atoms with Crippen LogP contribution in [0.25, 0.3) is 0 Å². The molecule has 0 aliphatic heterocycles. The topological polar surface area (TPSA) is 81.4 Å². The predicted octanol–water partition coefficient (Wildman–Crippen LogP) is -0.292. The molecule has 1 amide bonds. The Kier molecular flexibility index (Phi) is 5.03. The average Bonchev–Trinajstić information content (AvgIpc) is 2.12. The second-order valence-corrected chi connectivity index (χ2v) is 2.32. The lowest BCUT2D eigenvalue weighted by atomic mass is 10.2. The molecule has 0 bridgehead atoms. The molecule has 0 saturated carbocycles. The molecule has 0 fully saturated rings. The Labute approximate surface area is 71.2 Å². The molecule has 1 unspecified atom stereocenters. The normalized spacial score (nSPS) is 11.9. The third-order valence-corrected chi connectivity index (χ3v) is 1.47. The highest BCUT2D eigenvalue weighted by atomic mass is 16.7. The molecule has 12 heavy (non-hydrogen) atoms. The molecule has 0 heterocycles. The number of nitrogens with two attached hydrogens (primary N) is 1. The highest BCUT2D eigenvalue weighted by Crippen LogP contribution is 1.93. The lowest BCUT2D eigenvalue weighted by molar-refractivity contribution is -0.148. The van der Waals surface area contributed by atoms with E-state index in [1.165, 1.54) is 0 Å². The van der Waals surface area contributed by atoms with Crippen molar-refractivity contribution in [1.82, 2.24) is 5.32 Å². The summed E-state index contributed by atoms with van der Waals surface area (Å²) in [4.78, 5) is 25.7. The van der Waals surface area contributed by atoms with Crippen LogP contribution in [0.5, 0.6) is 0 Å². The van der Waals surface area contributed by atoms with Gasteiger partial charge < -0.3 is 10.2 Å². The summed E-state index contributed by atoms with van der Waals surface area (Å²) in [6.45, 7) is 3.47. The summed E-state index contributed by atoms with van der Waals surface area (Å²) < 4.78 is 0. The quantitative estimate of drug-likeness (QED) is 0.574. The molecule has 0 radical (unpaired) electrons. The first-order valence-electron chi connectivity index (χ1n) is 3.85. The molecule has 0 spiro atoms. The van der Waals surface area contributed by atoms with E-state index in [2.05, 4.69) is 16.1 Å². The molecule has 5 heteroatoms. The van der Waals surface area contributed by atoms with Crippen molar-refractivity contribution < 1.29 is 14.4 Å². The number of rotatable bonds is 4. The van der Waals surface area contributed by atoms with Gasteiger partial charge in [-0.05, 0) is 6.42 Å². The second-order valence-electron chi connectivity index (χ2n) is 2.32. The molecule has 5 nitrogen and oxygen atoms in total. The lowest BCUT2D eigenvalue weighted by Gasteiger charge is -2.12. The van der Waals surface area contributed by atoms with Crippen LogP contribution in [0.4, 0.5) is 0 Å². The van der Waals surface area contributed by atoms with Crippen LogP contribution in [0.1, 0.15) is 26.7 Å². The van der Waals surface area contributed by atoms with Gasteiger partial charge in [0, 0.05) is 6.42 Å². The third-order valence-electron chi connectivity index (χ3n) is 1.47. The van der Waals surface area contributed by atoms with Crippen molar-refractivity contribution in [3.05, 3.63) is 0 Å². The van der Waals surface area contributed by atoms with Crippen LogP contribution in [0.3, 0.4) is 0 Å². The van der Waals surface area contributed by atoms with Crippen LogP contribution < -0.4 is 11.2 Å². The van der Waals surface area contributed by atoms with E-state index in [1.807, 2.05) is 0 Å². The second kappa shape index (κ2) is 5.54. The highest BCUT2D eigenvalue weighted by Gasteiger charge is 2.18. The zero-order valence-corrected chi connectivity index (χ0v) is 7.29. The van der Waals surface area contributed by atoms with Crippen molar-refractivity contribution in [2.45, 2.75) is 32.7 Å². The zero-order chi connectivity index (χ0) is 9.56. The van der Waals surface area contributed by atoms with Gasteiger partial charge in [-0.1, -0.05) is 13.8 Å². The Hall–Kier alpha value is -1.10. The van der Waals surface area contributed by atoms with E-state index < -0.39 is 12.0 Å². The van der Waals surface area contributed by atoms with Gasteiger partial charge in [0.2, 0.25) is 5.91 Å². The van der Waals surface area contributed by atoms with Crippen molar-refractivity contribution in [3.8, 4) is 0 Å². The fraction of sp³-hybridized carbons (Fsp3) is 0.714. The zero-order valence-electron chi connectivity index (χ0n) is 7.29. The van der Waals surface area contributed by atoms with Crippen molar-refractivity contribution in [2.24, 2.45) is 5.90 Å². The molecule has 70 valence electrons. The molecule has 0 aromatic rings. The molecular weight excluding hydrogens is 160 g/mol. The number of amides is 1. The van der Waals surface area contributed by atoms with Crippen molar-refractivity contribution in [2.75, 3.05) is 0 Å². The van der Waals surface area contributed by atoms with Gasteiger partial charge in [0.25, 0.3) is 0 Å². The first kappa shape index (κ1) is 10.9. The molecule has 0 aromatic heterocycles. The van der Waals surface area contributed by atoms with Gasteiger partial charge >= 0.3 is 5.97 Å². The van der Waals surface area contributed by atoms with Crippen LogP contribution in [-0.2, 0) is 14.4 Å². The Bertz CT molecular complexity index is 170. The van der Waals surface area contributed by atoms with E-state index in [0.29, 0.717) is 12.8 Å². The molecule has 0 aromatic carbocycles. The molecule has 0 aliphatic rings. The molecular formula is C7H14N2O3. The van der Waals surface area contributed by atoms with Gasteiger partial charge in [0.1, 0.15) is 6.04 Å². The fourth-order valence-corrected chi connectivity index (χ4v) is 0.706. The van der Waals surface area contributed by atoms with E-state index in [1.54, 1.807) is 13.8 Å². The number of carbonyl (C=O) groups excluding carboxylic acids is 2. The standard InChI is InChI=1S/C7H14N2O3/c1-3-5(7(11)12-8)9-6(10)4-2/h5H,3-4,8H2,1-2H3,(H,9,10). The van der Waals surface area contributed by atoms with Crippen molar-refractivity contribution in [1.29, 1.82) is 0 Å². The summed E-state index contributed by atoms with van der Waals surface area (Å²) >= 11 is 0. The van der Waals surface area contributed by atoms with E-state index in [-0.39, 0.29) is 5.91 Å². The molecule has 0 saturated heterocycles. The summed E-state index contributed by atoms with van der Waals surface area (Å²) in [5, 5.41) is 2.47. The minimum atomic E-state index is -0.623. The maximum absolute atomic E-state index is 10.8. The number of nitrogens with one attached hydrogen (secondary N) is 1. The highest BCUT2D eigenvalue weighted by molar-refractivity contribution is 5.84. The minimum Gasteiger partial charge on any atom is -0.372 e. The van der Waals surface area contributed by atoms with Crippen LogP contribution in [0, 0.1) is 0 Å². The van der Waals surface area contributed by atoms with Gasteiger partial charge in [-0.25, -0.2) is 4.79 Å². The van der Waals surface area contributed by atoms with Crippen LogP contribution in [-0.4, -0.2) is 17.9 Å². The van der Waals surface area contributed by atoms with Gasteiger partial charge in [-0.3, -0.25) is 4.79 Å². The smallest absolute Gasteiger partial charge is 0.347 e. The summed E-state index contributed by atoms with van der Waals surface area (Å²) in [6, 6.07) is -0.623. The van der Waals surface area contributed by atoms with Crippen LogP contribution in [0.15, 0.2) is 0 Å². The SMILES string of the molecule is CCC(=O)NC(CC)C(=O)ON. The van der Waals surface area contributed by atoms with Gasteiger partial charge in [-0.15, -0.1) is 0 Å². The van der Waals surface area contributed by atoms with Crippen LogP contribution in [0.2, 0.25) is 0 Å². The summed E-state index contributed by atoms with van der Waals surface area (Å²) in [5.74, 6) is 3.87. The van der Waals surface area contributed by atoms with E-state index in [9.17, 15) is 9.59 Å². The maximum Gasteiger partial charge on any atom is 0.347 e. The first-order valence-corrected chi connectivity index (χ1v) is 3.85. The Balaban J connectivity index is 3.99. The minimum absolute atomic E-state index is 0.188. The van der Waals surface area contributed by atoms with E-state index in [4.69, 9.17) is 0 Å². The Morgan fingerprint density at radius 2 is 2.08 bits per heavy atom. The van der Waals surface area contributed by atoms with Crippen LogP contribution >= 0.6 is 0 Å². The number of hydrogen-bond donors (Lipinski definition) is 2. The van der Waals surface area contributed by atoms with Crippen molar-refractivity contribution >= 4 is 11.9 Å². The molecule has 0 aliphatic carbocycles. The summed E-state index contributed by atoms with van der Waals surface area (Å²) in [7, 11) is 0.